The van der Waals surface area contributed by atoms with Gasteiger partial charge in [0.15, 0.2) is 0 Å². The van der Waals surface area contributed by atoms with Gasteiger partial charge in [0.2, 0.25) is 18.2 Å². The van der Waals surface area contributed by atoms with Crippen LogP contribution >= 0.6 is 0 Å². The van der Waals surface area contributed by atoms with Crippen LogP contribution in [0.4, 0.5) is 0 Å². The van der Waals surface area contributed by atoms with Crippen molar-refractivity contribution in [1.82, 2.24) is 15.1 Å². The molecule has 6 nitrogen and oxygen atoms in total. The van der Waals surface area contributed by atoms with E-state index in [2.05, 4.69) is 17.4 Å². The van der Waals surface area contributed by atoms with Crippen molar-refractivity contribution >= 4 is 18.2 Å². The monoisotopic (exact) mass is 449 g/mol. The van der Waals surface area contributed by atoms with E-state index in [0.29, 0.717) is 25.1 Å². The van der Waals surface area contributed by atoms with Crippen LogP contribution in [-0.4, -0.2) is 54.2 Å². The number of carbonyl (C=O) groups is 3. The number of hydrogen-bond acceptors (Lipinski definition) is 3. The van der Waals surface area contributed by atoms with Gasteiger partial charge in [0.1, 0.15) is 0 Å². The molecule has 0 aromatic heterocycles. The van der Waals surface area contributed by atoms with Gasteiger partial charge in [0, 0.05) is 25.7 Å². The molecule has 0 bridgehead atoms. The topological polar surface area (TPSA) is 69.7 Å². The SMILES string of the molecule is C/C(=C\[C@H](C(C)C)N(C)C(=O)CNC=O)C(=O)N(CCc1ccccc1)Cc1ccccc1. The van der Waals surface area contributed by atoms with E-state index < -0.39 is 0 Å². The zero-order valence-corrected chi connectivity index (χ0v) is 20.0. The minimum Gasteiger partial charge on any atom is -0.350 e. The maximum atomic E-state index is 13.5. The summed E-state index contributed by atoms with van der Waals surface area (Å²) < 4.78 is 0. The van der Waals surface area contributed by atoms with E-state index >= 15 is 0 Å². The number of carbonyl (C=O) groups excluding carboxylic acids is 3. The Labute approximate surface area is 197 Å². The number of amides is 3. The number of nitrogens with zero attached hydrogens (tertiary/aromatic N) is 2. The van der Waals surface area contributed by atoms with Crippen molar-refractivity contribution in [1.29, 1.82) is 0 Å². The molecule has 0 saturated heterocycles. The van der Waals surface area contributed by atoms with Crippen LogP contribution in [0.15, 0.2) is 72.3 Å². The van der Waals surface area contributed by atoms with Gasteiger partial charge in [-0.15, -0.1) is 0 Å². The van der Waals surface area contributed by atoms with E-state index in [1.807, 2.05) is 73.4 Å². The molecule has 3 amide bonds. The van der Waals surface area contributed by atoms with E-state index in [4.69, 9.17) is 0 Å². The van der Waals surface area contributed by atoms with Crippen molar-refractivity contribution in [3.8, 4) is 0 Å². The number of nitrogens with one attached hydrogen (secondary N) is 1. The number of hydrogen-bond donors (Lipinski definition) is 1. The molecular formula is C27H35N3O3. The van der Waals surface area contributed by atoms with Crippen molar-refractivity contribution in [3.63, 3.8) is 0 Å². The zero-order chi connectivity index (χ0) is 24.2. The zero-order valence-electron chi connectivity index (χ0n) is 20.0. The highest BCUT2D eigenvalue weighted by Crippen LogP contribution is 2.16. The molecule has 0 fully saturated rings. The summed E-state index contributed by atoms with van der Waals surface area (Å²) in [5, 5.41) is 2.41. The minimum absolute atomic E-state index is 0.0488. The Morgan fingerprint density at radius 2 is 1.55 bits per heavy atom. The molecule has 1 N–H and O–H groups in total. The predicted molar refractivity (Wildman–Crippen MR) is 131 cm³/mol. The largest absolute Gasteiger partial charge is 0.350 e. The third-order valence-corrected chi connectivity index (χ3v) is 5.64. The Hall–Kier alpha value is -3.41. The van der Waals surface area contributed by atoms with Gasteiger partial charge >= 0.3 is 0 Å². The Morgan fingerprint density at radius 1 is 0.970 bits per heavy atom. The van der Waals surface area contributed by atoms with Crippen LogP contribution < -0.4 is 5.32 Å². The lowest BCUT2D eigenvalue weighted by molar-refractivity contribution is -0.132. The van der Waals surface area contributed by atoms with E-state index in [-0.39, 0.29) is 30.3 Å². The summed E-state index contributed by atoms with van der Waals surface area (Å²) >= 11 is 0. The van der Waals surface area contributed by atoms with Gasteiger partial charge in [0.25, 0.3) is 0 Å². The van der Waals surface area contributed by atoms with Gasteiger partial charge in [-0.2, -0.15) is 0 Å². The lowest BCUT2D eigenvalue weighted by atomic mass is 9.99. The van der Waals surface area contributed by atoms with E-state index in [9.17, 15) is 14.4 Å². The third-order valence-electron chi connectivity index (χ3n) is 5.64. The first kappa shape index (κ1) is 25.8. The Kier molecular flexibility index (Phi) is 10.3. The van der Waals surface area contributed by atoms with E-state index in [0.717, 1.165) is 12.0 Å². The summed E-state index contributed by atoms with van der Waals surface area (Å²) in [5.74, 6) is -0.153. The molecule has 0 unspecified atom stereocenters. The highest BCUT2D eigenvalue weighted by molar-refractivity contribution is 5.93. The van der Waals surface area contributed by atoms with Gasteiger partial charge in [-0.1, -0.05) is 80.6 Å². The maximum absolute atomic E-state index is 13.5. The van der Waals surface area contributed by atoms with Crippen molar-refractivity contribution in [2.75, 3.05) is 20.1 Å². The van der Waals surface area contributed by atoms with Crippen molar-refractivity contribution in [2.45, 2.75) is 39.8 Å². The molecule has 0 aliphatic carbocycles. The first-order valence-corrected chi connectivity index (χ1v) is 11.3. The fraction of sp³-hybridized carbons (Fsp3) is 0.370. The fourth-order valence-electron chi connectivity index (χ4n) is 3.71. The average molecular weight is 450 g/mol. The first-order chi connectivity index (χ1) is 15.8. The van der Waals surface area contributed by atoms with Crippen molar-refractivity contribution in [3.05, 3.63) is 83.4 Å². The number of benzene rings is 2. The van der Waals surface area contributed by atoms with Gasteiger partial charge in [-0.3, -0.25) is 14.4 Å². The van der Waals surface area contributed by atoms with Crippen LogP contribution in [0.25, 0.3) is 0 Å². The molecule has 0 saturated carbocycles. The number of likely N-dealkylation sites (N-methyl/N-ethyl adjacent to an activating group) is 1. The van der Waals surface area contributed by atoms with Crippen LogP contribution in [0, 0.1) is 5.92 Å². The summed E-state index contributed by atoms with van der Waals surface area (Å²) in [6, 6.07) is 19.8. The summed E-state index contributed by atoms with van der Waals surface area (Å²) in [4.78, 5) is 39.9. The molecule has 0 aliphatic heterocycles. The second-order valence-corrected chi connectivity index (χ2v) is 8.54. The molecule has 0 heterocycles. The smallest absolute Gasteiger partial charge is 0.249 e. The van der Waals surface area contributed by atoms with Crippen LogP contribution in [0.5, 0.6) is 0 Å². The highest BCUT2D eigenvalue weighted by atomic mass is 16.2. The summed E-state index contributed by atoms with van der Waals surface area (Å²) in [6.07, 6.45) is 3.14. The molecule has 2 aromatic rings. The molecule has 176 valence electrons. The second-order valence-electron chi connectivity index (χ2n) is 8.54. The van der Waals surface area contributed by atoms with Crippen LogP contribution in [0.2, 0.25) is 0 Å². The molecule has 0 radical (unpaired) electrons. The Morgan fingerprint density at radius 3 is 2.09 bits per heavy atom. The second kappa shape index (κ2) is 13.2. The molecular weight excluding hydrogens is 414 g/mol. The average Bonchev–Trinajstić information content (AvgIpc) is 2.83. The van der Waals surface area contributed by atoms with Crippen molar-refractivity contribution < 1.29 is 14.4 Å². The molecule has 2 rings (SSSR count). The van der Waals surface area contributed by atoms with Gasteiger partial charge in [0.05, 0.1) is 12.6 Å². The Balaban J connectivity index is 2.22. The first-order valence-electron chi connectivity index (χ1n) is 11.3. The fourth-order valence-corrected chi connectivity index (χ4v) is 3.71. The number of rotatable bonds is 12. The lowest BCUT2D eigenvalue weighted by Crippen LogP contribution is -2.44. The summed E-state index contributed by atoms with van der Waals surface area (Å²) in [6.45, 7) is 6.86. The standard InChI is InChI=1S/C27H35N3O3/c1-21(2)25(29(4)26(32)18-28-20-31)17-22(3)27(33)30(19-24-13-9-6-10-14-24)16-15-23-11-7-5-8-12-23/h5-14,17,20-21,25H,15-16,18-19H2,1-4H3,(H,28,31)/b22-17+/t25-/m1/s1. The lowest BCUT2D eigenvalue weighted by Gasteiger charge is -2.30. The summed E-state index contributed by atoms with van der Waals surface area (Å²) in [7, 11) is 1.70. The quantitative estimate of drug-likeness (QED) is 0.399. The van der Waals surface area contributed by atoms with Crippen LogP contribution in [0.1, 0.15) is 31.9 Å². The molecule has 1 atom stereocenters. The van der Waals surface area contributed by atoms with E-state index in [1.165, 1.54) is 5.56 Å². The van der Waals surface area contributed by atoms with Crippen molar-refractivity contribution in [2.24, 2.45) is 5.92 Å². The summed E-state index contributed by atoms with van der Waals surface area (Å²) in [5.41, 5.74) is 2.85. The molecule has 0 spiro atoms. The molecule has 6 heteroatoms. The molecule has 33 heavy (non-hydrogen) atoms. The van der Waals surface area contributed by atoms with Crippen LogP contribution in [-0.2, 0) is 27.3 Å². The maximum Gasteiger partial charge on any atom is 0.249 e. The highest BCUT2D eigenvalue weighted by Gasteiger charge is 2.23. The Bertz CT molecular complexity index is 926. The van der Waals surface area contributed by atoms with E-state index in [1.54, 1.807) is 18.9 Å². The minimum atomic E-state index is -0.261. The van der Waals surface area contributed by atoms with Crippen LogP contribution in [0.3, 0.4) is 0 Å². The molecule has 0 aliphatic rings. The normalized spacial score (nSPS) is 12.2. The third kappa shape index (κ3) is 8.22. The van der Waals surface area contributed by atoms with Gasteiger partial charge in [-0.25, -0.2) is 0 Å². The molecule has 2 aromatic carbocycles. The van der Waals surface area contributed by atoms with Gasteiger partial charge in [-0.05, 0) is 30.4 Å². The predicted octanol–water partition coefficient (Wildman–Crippen LogP) is 3.43. The van der Waals surface area contributed by atoms with Gasteiger partial charge < -0.3 is 15.1 Å².